The summed E-state index contributed by atoms with van der Waals surface area (Å²) >= 11 is 0. The van der Waals surface area contributed by atoms with Crippen LogP contribution in [0.5, 0.6) is 0 Å². The van der Waals surface area contributed by atoms with Crippen LogP contribution in [-0.4, -0.2) is 23.0 Å². The topological polar surface area (TPSA) is 81.0 Å². The largest absolute Gasteiger partial charge is 0.465 e. The number of ether oxygens (including phenoxy) is 1. The highest BCUT2D eigenvalue weighted by Gasteiger charge is 2.15. The van der Waals surface area contributed by atoms with Crippen LogP contribution in [0.15, 0.2) is 18.5 Å². The van der Waals surface area contributed by atoms with Crippen LogP contribution in [0.4, 0.5) is 5.69 Å². The zero-order valence-corrected chi connectivity index (χ0v) is 7.57. The lowest BCUT2D eigenvalue weighted by Gasteiger charge is -2.03. The molecule has 0 saturated heterocycles. The summed E-state index contributed by atoms with van der Waals surface area (Å²) in [5.74, 6) is -0.472. The summed E-state index contributed by atoms with van der Waals surface area (Å²) in [6.45, 7) is 0. The van der Waals surface area contributed by atoms with Crippen molar-refractivity contribution >= 4 is 22.7 Å². The fourth-order valence-electron chi connectivity index (χ4n) is 1.34. The van der Waals surface area contributed by atoms with Crippen molar-refractivity contribution in [3.8, 4) is 0 Å². The maximum absolute atomic E-state index is 11.4. The summed E-state index contributed by atoms with van der Waals surface area (Å²) in [4.78, 5) is 18.3. The summed E-state index contributed by atoms with van der Waals surface area (Å²) in [7, 11) is 1.31. The first kappa shape index (κ1) is 8.55. The predicted molar refractivity (Wildman–Crippen MR) is 51.8 cm³/mol. The van der Waals surface area contributed by atoms with Crippen molar-refractivity contribution in [3.05, 3.63) is 24.0 Å². The number of hydrogen-bond acceptors (Lipinski definition) is 4. The average Bonchev–Trinajstić information content (AvgIpc) is 2.64. The van der Waals surface area contributed by atoms with Crippen LogP contribution in [0.3, 0.4) is 0 Å². The lowest BCUT2D eigenvalue weighted by atomic mass is 10.1. The van der Waals surface area contributed by atoms with E-state index in [2.05, 4.69) is 14.7 Å². The highest BCUT2D eigenvalue weighted by Crippen LogP contribution is 2.21. The number of aromatic amines is 1. The first-order valence-corrected chi connectivity index (χ1v) is 4.04. The van der Waals surface area contributed by atoms with Gasteiger partial charge in [-0.15, -0.1) is 0 Å². The van der Waals surface area contributed by atoms with Crippen molar-refractivity contribution in [2.24, 2.45) is 0 Å². The highest BCUT2D eigenvalue weighted by molar-refractivity contribution is 6.06. The Morgan fingerprint density at radius 2 is 2.36 bits per heavy atom. The molecule has 14 heavy (non-hydrogen) atoms. The minimum absolute atomic E-state index is 0.311. The Morgan fingerprint density at radius 3 is 3.07 bits per heavy atom. The maximum Gasteiger partial charge on any atom is 0.342 e. The van der Waals surface area contributed by atoms with Gasteiger partial charge in [0.1, 0.15) is 11.1 Å². The van der Waals surface area contributed by atoms with Gasteiger partial charge in [0.15, 0.2) is 0 Å². The van der Waals surface area contributed by atoms with E-state index < -0.39 is 5.97 Å². The summed E-state index contributed by atoms with van der Waals surface area (Å²) < 4.78 is 4.62. The molecule has 0 bridgehead atoms. The van der Waals surface area contributed by atoms with E-state index in [1.165, 1.54) is 13.4 Å². The van der Waals surface area contributed by atoms with Crippen molar-refractivity contribution in [3.63, 3.8) is 0 Å². The van der Waals surface area contributed by atoms with Gasteiger partial charge in [-0.05, 0) is 12.1 Å². The second-order valence-corrected chi connectivity index (χ2v) is 2.82. The third kappa shape index (κ3) is 1.10. The summed E-state index contributed by atoms with van der Waals surface area (Å²) in [6.07, 6.45) is 1.51. The molecule has 0 fully saturated rings. The number of hydrogen-bond donors (Lipinski definition) is 2. The van der Waals surface area contributed by atoms with Crippen molar-refractivity contribution in [2.45, 2.75) is 0 Å². The van der Waals surface area contributed by atoms with E-state index in [1.54, 1.807) is 12.1 Å². The Balaban J connectivity index is 2.76. The number of rotatable bonds is 1. The molecule has 3 N–H and O–H groups in total. The molecule has 0 amide bonds. The number of nitrogens with zero attached hydrogens (tertiary/aromatic N) is 1. The number of H-pyrrole nitrogens is 1. The van der Waals surface area contributed by atoms with Crippen molar-refractivity contribution < 1.29 is 9.53 Å². The summed E-state index contributed by atoms with van der Waals surface area (Å²) in [5, 5.41) is 0. The van der Waals surface area contributed by atoms with Crippen molar-refractivity contribution in [2.75, 3.05) is 12.8 Å². The van der Waals surface area contributed by atoms with E-state index in [-0.39, 0.29) is 0 Å². The van der Waals surface area contributed by atoms with Gasteiger partial charge >= 0.3 is 5.97 Å². The lowest BCUT2D eigenvalue weighted by Crippen LogP contribution is -2.06. The van der Waals surface area contributed by atoms with Crippen LogP contribution >= 0.6 is 0 Å². The Morgan fingerprint density at radius 1 is 1.57 bits per heavy atom. The van der Waals surface area contributed by atoms with Gasteiger partial charge in [0, 0.05) is 5.69 Å². The number of fused-ring (bicyclic) bond motifs is 1. The van der Waals surface area contributed by atoms with Gasteiger partial charge in [-0.2, -0.15) is 0 Å². The van der Waals surface area contributed by atoms with Gasteiger partial charge in [0.25, 0.3) is 0 Å². The molecule has 0 aliphatic carbocycles. The van der Waals surface area contributed by atoms with E-state index in [9.17, 15) is 4.79 Å². The Kier molecular flexibility index (Phi) is 1.85. The fourth-order valence-corrected chi connectivity index (χ4v) is 1.34. The number of benzene rings is 1. The van der Waals surface area contributed by atoms with Crippen molar-refractivity contribution in [1.29, 1.82) is 0 Å². The molecule has 5 nitrogen and oxygen atoms in total. The third-order valence-corrected chi connectivity index (χ3v) is 2.01. The van der Waals surface area contributed by atoms with Crippen molar-refractivity contribution in [1.82, 2.24) is 9.97 Å². The molecule has 0 aliphatic rings. The molecule has 2 rings (SSSR count). The summed E-state index contributed by atoms with van der Waals surface area (Å²) in [5.41, 5.74) is 7.65. The van der Waals surface area contributed by atoms with Gasteiger partial charge in [-0.1, -0.05) is 0 Å². The highest BCUT2D eigenvalue weighted by atomic mass is 16.5. The molecule has 0 unspecified atom stereocenters. The van der Waals surface area contributed by atoms with E-state index >= 15 is 0 Å². The Labute approximate surface area is 79.9 Å². The minimum atomic E-state index is -0.472. The zero-order chi connectivity index (χ0) is 10.1. The molecule has 0 aliphatic heterocycles. The van der Waals surface area contributed by atoms with Crippen LogP contribution in [0.2, 0.25) is 0 Å². The number of nitrogens with two attached hydrogens (primary N) is 1. The van der Waals surface area contributed by atoms with E-state index in [0.29, 0.717) is 16.8 Å². The Bertz CT molecular complexity index is 490. The number of carbonyl (C=O) groups excluding carboxylic acids is 1. The van der Waals surface area contributed by atoms with Crippen LogP contribution in [-0.2, 0) is 4.74 Å². The van der Waals surface area contributed by atoms with Gasteiger partial charge in [-0.25, -0.2) is 9.78 Å². The second-order valence-electron chi connectivity index (χ2n) is 2.82. The fraction of sp³-hybridized carbons (Fsp3) is 0.111. The first-order valence-electron chi connectivity index (χ1n) is 4.04. The zero-order valence-electron chi connectivity index (χ0n) is 7.57. The number of esters is 1. The molecule has 1 aromatic heterocycles. The molecule has 2 aromatic rings. The average molecular weight is 191 g/mol. The lowest BCUT2D eigenvalue weighted by molar-refractivity contribution is 0.0604. The molecule has 0 spiro atoms. The third-order valence-electron chi connectivity index (χ3n) is 2.01. The SMILES string of the molecule is COC(=O)c1c(N)ccc2[nH]cnc12. The van der Waals surface area contributed by atoms with Gasteiger partial charge < -0.3 is 15.5 Å². The van der Waals surface area contributed by atoms with Crippen LogP contribution in [0, 0.1) is 0 Å². The number of aromatic nitrogens is 2. The number of nitrogens with one attached hydrogen (secondary N) is 1. The molecule has 1 heterocycles. The van der Waals surface area contributed by atoms with Gasteiger partial charge in [0.05, 0.1) is 19.0 Å². The molecule has 0 radical (unpaired) electrons. The molecular weight excluding hydrogens is 182 g/mol. The van der Waals surface area contributed by atoms with Gasteiger partial charge in [0.2, 0.25) is 0 Å². The number of imidazole rings is 1. The maximum atomic E-state index is 11.4. The molecule has 72 valence electrons. The van der Waals surface area contributed by atoms with Crippen LogP contribution in [0.25, 0.3) is 11.0 Å². The number of anilines is 1. The molecule has 0 saturated carbocycles. The van der Waals surface area contributed by atoms with Crippen LogP contribution in [0.1, 0.15) is 10.4 Å². The minimum Gasteiger partial charge on any atom is -0.465 e. The van der Waals surface area contributed by atoms with E-state index in [1.807, 2.05) is 0 Å². The normalized spacial score (nSPS) is 10.4. The number of carbonyl (C=O) groups is 1. The predicted octanol–water partition coefficient (Wildman–Crippen LogP) is 0.932. The summed E-state index contributed by atoms with van der Waals surface area (Å²) in [6, 6.07) is 3.41. The Hall–Kier alpha value is -2.04. The smallest absolute Gasteiger partial charge is 0.342 e. The monoisotopic (exact) mass is 191 g/mol. The second kappa shape index (κ2) is 3.02. The van der Waals surface area contributed by atoms with Crippen LogP contribution < -0.4 is 5.73 Å². The number of nitrogen functional groups attached to an aromatic ring is 1. The quantitative estimate of drug-likeness (QED) is 0.519. The molecular formula is C9H9N3O2. The van der Waals surface area contributed by atoms with Gasteiger partial charge in [-0.3, -0.25) is 0 Å². The van der Waals surface area contributed by atoms with E-state index in [0.717, 1.165) is 5.52 Å². The van der Waals surface area contributed by atoms with E-state index in [4.69, 9.17) is 5.73 Å². The first-order chi connectivity index (χ1) is 6.74. The molecule has 0 atom stereocenters. The molecule has 1 aromatic carbocycles. The molecule has 5 heteroatoms. The standard InChI is InChI=1S/C9H9N3O2/c1-14-9(13)7-5(10)2-3-6-8(7)12-4-11-6/h2-4H,10H2,1H3,(H,11,12). The number of methoxy groups -OCH3 is 1.